The standard InChI is InChI=1S/C15H14BrCl2NO/c1-9(19)12-7-11(16)3-5-15(12)20-8-10-2-4-13(17)14(18)6-10/h2-7,9H,8,19H2,1H3/t9-/m0/s1. The first-order valence-electron chi connectivity index (χ1n) is 6.09. The Hall–Kier alpha value is -0.740. The number of hydrogen-bond acceptors (Lipinski definition) is 2. The molecule has 1 atom stereocenters. The SMILES string of the molecule is C[C@H](N)c1cc(Br)ccc1OCc1ccc(Cl)c(Cl)c1. The van der Waals surface area contributed by atoms with Gasteiger partial charge in [-0.1, -0.05) is 45.2 Å². The zero-order valence-corrected chi connectivity index (χ0v) is 14.0. The highest BCUT2D eigenvalue weighted by Gasteiger charge is 2.09. The largest absolute Gasteiger partial charge is 0.489 e. The molecule has 0 bridgehead atoms. The van der Waals surface area contributed by atoms with Crippen LogP contribution >= 0.6 is 39.1 Å². The quantitative estimate of drug-likeness (QED) is 0.782. The average Bonchev–Trinajstić information content (AvgIpc) is 2.41. The van der Waals surface area contributed by atoms with Crippen molar-refractivity contribution in [1.82, 2.24) is 0 Å². The third-order valence-electron chi connectivity index (χ3n) is 2.84. The lowest BCUT2D eigenvalue weighted by atomic mass is 10.1. The molecule has 0 spiro atoms. The molecule has 0 unspecified atom stereocenters. The van der Waals surface area contributed by atoms with Crippen LogP contribution in [0.4, 0.5) is 0 Å². The van der Waals surface area contributed by atoms with Gasteiger partial charge in [0.15, 0.2) is 0 Å². The summed E-state index contributed by atoms with van der Waals surface area (Å²) in [5.41, 5.74) is 7.87. The van der Waals surface area contributed by atoms with Crippen LogP contribution in [-0.4, -0.2) is 0 Å². The highest BCUT2D eigenvalue weighted by molar-refractivity contribution is 9.10. The predicted molar refractivity (Wildman–Crippen MR) is 87.5 cm³/mol. The summed E-state index contributed by atoms with van der Waals surface area (Å²) in [6.07, 6.45) is 0. The van der Waals surface area contributed by atoms with Crippen LogP contribution in [0.3, 0.4) is 0 Å². The van der Waals surface area contributed by atoms with Gasteiger partial charge in [-0.05, 0) is 42.8 Å². The Morgan fingerprint density at radius 1 is 1.15 bits per heavy atom. The van der Waals surface area contributed by atoms with Gasteiger partial charge in [0.1, 0.15) is 12.4 Å². The molecule has 0 saturated carbocycles. The molecule has 106 valence electrons. The molecule has 0 saturated heterocycles. The average molecular weight is 375 g/mol. The maximum atomic E-state index is 5.98. The van der Waals surface area contributed by atoms with Crippen LogP contribution < -0.4 is 10.5 Å². The molecule has 20 heavy (non-hydrogen) atoms. The predicted octanol–water partition coefficient (Wildman–Crippen LogP) is 5.35. The van der Waals surface area contributed by atoms with Crippen LogP contribution in [0.2, 0.25) is 10.0 Å². The maximum Gasteiger partial charge on any atom is 0.124 e. The number of nitrogens with two attached hydrogens (primary N) is 1. The fourth-order valence-electron chi connectivity index (χ4n) is 1.80. The van der Waals surface area contributed by atoms with Gasteiger partial charge in [0.25, 0.3) is 0 Å². The third-order valence-corrected chi connectivity index (χ3v) is 4.07. The van der Waals surface area contributed by atoms with Gasteiger partial charge in [0.2, 0.25) is 0 Å². The van der Waals surface area contributed by atoms with Crippen molar-refractivity contribution in [3.05, 3.63) is 62.0 Å². The van der Waals surface area contributed by atoms with Crippen LogP contribution in [0.15, 0.2) is 40.9 Å². The Morgan fingerprint density at radius 3 is 2.55 bits per heavy atom. The first-order valence-corrected chi connectivity index (χ1v) is 7.64. The first-order chi connectivity index (χ1) is 9.47. The van der Waals surface area contributed by atoms with Gasteiger partial charge < -0.3 is 10.5 Å². The summed E-state index contributed by atoms with van der Waals surface area (Å²) in [4.78, 5) is 0. The summed E-state index contributed by atoms with van der Waals surface area (Å²) in [5.74, 6) is 0.772. The van der Waals surface area contributed by atoms with Crippen molar-refractivity contribution in [1.29, 1.82) is 0 Å². The minimum absolute atomic E-state index is 0.101. The molecule has 2 N–H and O–H groups in total. The summed E-state index contributed by atoms with van der Waals surface area (Å²) in [5, 5.41) is 1.06. The molecular formula is C15H14BrCl2NO. The molecule has 0 aliphatic rings. The number of benzene rings is 2. The van der Waals surface area contributed by atoms with Crippen molar-refractivity contribution in [3.63, 3.8) is 0 Å². The minimum atomic E-state index is -0.101. The fourth-order valence-corrected chi connectivity index (χ4v) is 2.50. The lowest BCUT2D eigenvalue weighted by molar-refractivity contribution is 0.301. The van der Waals surface area contributed by atoms with E-state index in [2.05, 4.69) is 15.9 Å². The van der Waals surface area contributed by atoms with Crippen LogP contribution in [-0.2, 0) is 6.61 Å². The van der Waals surface area contributed by atoms with E-state index in [1.165, 1.54) is 0 Å². The van der Waals surface area contributed by atoms with Gasteiger partial charge in [0, 0.05) is 16.1 Å². The number of hydrogen-bond donors (Lipinski definition) is 1. The van der Waals surface area contributed by atoms with Crippen molar-refractivity contribution in [3.8, 4) is 5.75 Å². The Labute approximate surface area is 137 Å². The van der Waals surface area contributed by atoms with Crippen molar-refractivity contribution in [2.45, 2.75) is 19.6 Å². The molecule has 2 aromatic rings. The molecule has 0 aliphatic heterocycles. The fraction of sp³-hybridized carbons (Fsp3) is 0.200. The number of ether oxygens (including phenoxy) is 1. The second-order valence-corrected chi connectivity index (χ2v) is 6.24. The summed E-state index contributed by atoms with van der Waals surface area (Å²) < 4.78 is 6.81. The molecule has 2 aromatic carbocycles. The summed E-state index contributed by atoms with van der Waals surface area (Å²) in [7, 11) is 0. The zero-order valence-electron chi connectivity index (χ0n) is 10.9. The topological polar surface area (TPSA) is 35.2 Å². The van der Waals surface area contributed by atoms with Gasteiger partial charge in [-0.2, -0.15) is 0 Å². The first kappa shape index (κ1) is 15.6. The monoisotopic (exact) mass is 373 g/mol. The van der Waals surface area contributed by atoms with Crippen LogP contribution in [0.1, 0.15) is 24.1 Å². The van der Waals surface area contributed by atoms with Crippen molar-refractivity contribution >= 4 is 39.1 Å². The van der Waals surface area contributed by atoms with Crippen molar-refractivity contribution in [2.24, 2.45) is 5.73 Å². The van der Waals surface area contributed by atoms with Crippen molar-refractivity contribution in [2.75, 3.05) is 0 Å². The van der Waals surface area contributed by atoms with Gasteiger partial charge in [-0.15, -0.1) is 0 Å². The van der Waals surface area contributed by atoms with Crippen LogP contribution in [0, 0.1) is 0 Å². The maximum absolute atomic E-state index is 5.98. The second-order valence-electron chi connectivity index (χ2n) is 4.51. The van der Waals surface area contributed by atoms with Crippen LogP contribution in [0.5, 0.6) is 5.75 Å². The van der Waals surface area contributed by atoms with E-state index < -0.39 is 0 Å². The molecule has 0 aromatic heterocycles. The molecule has 0 radical (unpaired) electrons. The molecule has 0 amide bonds. The molecule has 0 fully saturated rings. The Kier molecular flexibility index (Phi) is 5.33. The van der Waals surface area contributed by atoms with Crippen molar-refractivity contribution < 1.29 is 4.74 Å². The third kappa shape index (κ3) is 3.89. The molecule has 0 aliphatic carbocycles. The second kappa shape index (κ2) is 6.81. The van der Waals surface area contributed by atoms with Gasteiger partial charge in [0.05, 0.1) is 10.0 Å². The van der Waals surface area contributed by atoms with E-state index in [-0.39, 0.29) is 6.04 Å². The Balaban J connectivity index is 2.16. The molecule has 2 rings (SSSR count). The lowest BCUT2D eigenvalue weighted by Gasteiger charge is -2.14. The van der Waals surface area contributed by atoms with E-state index in [0.717, 1.165) is 21.3 Å². The summed E-state index contributed by atoms with van der Waals surface area (Å²) >= 11 is 15.3. The van der Waals surface area contributed by atoms with Gasteiger partial charge in [-0.3, -0.25) is 0 Å². The molecule has 0 heterocycles. The van der Waals surface area contributed by atoms with E-state index in [1.807, 2.05) is 31.2 Å². The summed E-state index contributed by atoms with van der Waals surface area (Å²) in [6.45, 7) is 2.34. The normalized spacial score (nSPS) is 12.2. The van der Waals surface area contributed by atoms with Gasteiger partial charge >= 0.3 is 0 Å². The number of halogens is 3. The zero-order chi connectivity index (χ0) is 14.7. The Morgan fingerprint density at radius 2 is 1.90 bits per heavy atom. The lowest BCUT2D eigenvalue weighted by Crippen LogP contribution is -2.08. The minimum Gasteiger partial charge on any atom is -0.489 e. The Bertz CT molecular complexity index is 617. The van der Waals surface area contributed by atoms with Crippen LogP contribution in [0.25, 0.3) is 0 Å². The van der Waals surface area contributed by atoms with E-state index in [4.69, 9.17) is 33.7 Å². The molecule has 5 heteroatoms. The smallest absolute Gasteiger partial charge is 0.124 e. The van der Waals surface area contributed by atoms with E-state index >= 15 is 0 Å². The summed E-state index contributed by atoms with van der Waals surface area (Å²) in [6, 6.07) is 11.1. The molecule has 2 nitrogen and oxygen atoms in total. The van der Waals surface area contributed by atoms with E-state index in [9.17, 15) is 0 Å². The number of rotatable bonds is 4. The highest BCUT2D eigenvalue weighted by atomic mass is 79.9. The van der Waals surface area contributed by atoms with Gasteiger partial charge in [-0.25, -0.2) is 0 Å². The van der Waals surface area contributed by atoms with E-state index in [1.54, 1.807) is 12.1 Å². The molecular weight excluding hydrogens is 361 g/mol. The highest BCUT2D eigenvalue weighted by Crippen LogP contribution is 2.29. The van der Waals surface area contributed by atoms with E-state index in [0.29, 0.717) is 16.7 Å².